The lowest BCUT2D eigenvalue weighted by molar-refractivity contribution is -0.122. The highest BCUT2D eigenvalue weighted by atomic mass is 16.5. The lowest BCUT2D eigenvalue weighted by atomic mass is 10.2. The lowest BCUT2D eigenvalue weighted by Crippen LogP contribution is -2.47. The third kappa shape index (κ3) is 4.56. The van der Waals surface area contributed by atoms with Crippen molar-refractivity contribution in [3.63, 3.8) is 0 Å². The van der Waals surface area contributed by atoms with Crippen LogP contribution in [0.5, 0.6) is 0 Å². The highest BCUT2D eigenvalue weighted by Gasteiger charge is 2.23. The van der Waals surface area contributed by atoms with Crippen LogP contribution in [-0.2, 0) is 16.1 Å². The van der Waals surface area contributed by atoms with E-state index in [1.54, 1.807) is 12.4 Å². The first-order valence-electron chi connectivity index (χ1n) is 11.5. The Morgan fingerprint density at radius 2 is 1.91 bits per heavy atom. The van der Waals surface area contributed by atoms with Crippen molar-refractivity contribution < 1.29 is 9.53 Å². The number of ether oxygens (including phenoxy) is 1. The molecule has 5 rings (SSSR count). The van der Waals surface area contributed by atoms with Crippen LogP contribution in [0.15, 0.2) is 41.5 Å². The number of hydrogen-bond acceptors (Lipinski definition) is 7. The van der Waals surface area contributed by atoms with Gasteiger partial charge in [0.25, 0.3) is 0 Å². The summed E-state index contributed by atoms with van der Waals surface area (Å²) in [5.74, 6) is 0.411. The molecule has 2 fully saturated rings. The van der Waals surface area contributed by atoms with Crippen molar-refractivity contribution in [1.29, 1.82) is 0 Å². The zero-order chi connectivity index (χ0) is 22.8. The van der Waals surface area contributed by atoms with E-state index in [0.717, 1.165) is 45.6 Å². The molecule has 10 nitrogen and oxygen atoms in total. The number of carbonyl (C=O) groups excluding carboxylic acids is 1. The molecule has 3 aromatic rings. The third-order valence-electron chi connectivity index (χ3n) is 6.31. The van der Waals surface area contributed by atoms with Crippen LogP contribution in [0.3, 0.4) is 0 Å². The van der Waals surface area contributed by atoms with Crippen LogP contribution in [-0.4, -0.2) is 70.5 Å². The average Bonchev–Trinajstić information content (AvgIpc) is 3.47. The predicted octanol–water partition coefficient (Wildman–Crippen LogP) is 0.821. The summed E-state index contributed by atoms with van der Waals surface area (Å²) in [5, 5.41) is 7.29. The molecule has 174 valence electrons. The summed E-state index contributed by atoms with van der Waals surface area (Å²) < 4.78 is 8.19. The number of piperazine rings is 1. The molecule has 2 saturated heterocycles. The molecule has 1 atom stereocenters. The van der Waals surface area contributed by atoms with E-state index in [0.29, 0.717) is 18.0 Å². The molecule has 1 aromatic carbocycles. The van der Waals surface area contributed by atoms with Gasteiger partial charge in [-0.1, -0.05) is 17.7 Å². The molecule has 0 aliphatic carbocycles. The van der Waals surface area contributed by atoms with E-state index in [9.17, 15) is 9.59 Å². The number of anilines is 2. The Morgan fingerprint density at radius 1 is 1.15 bits per heavy atom. The van der Waals surface area contributed by atoms with Gasteiger partial charge in [0.1, 0.15) is 6.54 Å². The van der Waals surface area contributed by atoms with Gasteiger partial charge in [-0.05, 0) is 31.9 Å². The summed E-state index contributed by atoms with van der Waals surface area (Å²) >= 11 is 0. The largest absolute Gasteiger partial charge is 0.376 e. The summed E-state index contributed by atoms with van der Waals surface area (Å²) in [7, 11) is 0. The fourth-order valence-corrected chi connectivity index (χ4v) is 4.42. The third-order valence-corrected chi connectivity index (χ3v) is 6.31. The van der Waals surface area contributed by atoms with Gasteiger partial charge in [-0.3, -0.25) is 4.79 Å². The standard InChI is InChI=1S/C23H29N7O3/c1-17-4-6-18(7-5-17)27-10-12-28(13-11-27)21-22-26-30(23(32)29(22)9-8-24-21)16-20(31)25-15-19-3-2-14-33-19/h4-9,19H,2-3,10-16H2,1H3,(H,25,31). The van der Waals surface area contributed by atoms with Crippen molar-refractivity contribution in [3.05, 3.63) is 52.7 Å². The van der Waals surface area contributed by atoms with Crippen LogP contribution in [0, 0.1) is 6.92 Å². The van der Waals surface area contributed by atoms with Gasteiger partial charge in [-0.2, -0.15) is 0 Å². The van der Waals surface area contributed by atoms with Crippen molar-refractivity contribution in [3.8, 4) is 0 Å². The summed E-state index contributed by atoms with van der Waals surface area (Å²) in [5.41, 5.74) is 2.58. The summed E-state index contributed by atoms with van der Waals surface area (Å²) in [6, 6.07) is 8.55. The molecule has 4 heterocycles. The highest BCUT2D eigenvalue weighted by Crippen LogP contribution is 2.21. The second-order valence-corrected chi connectivity index (χ2v) is 8.63. The van der Waals surface area contributed by atoms with Gasteiger partial charge >= 0.3 is 5.69 Å². The second kappa shape index (κ2) is 9.22. The van der Waals surface area contributed by atoms with E-state index < -0.39 is 0 Å². The molecule has 2 aromatic heterocycles. The lowest BCUT2D eigenvalue weighted by Gasteiger charge is -2.36. The Balaban J connectivity index is 1.28. The Morgan fingerprint density at radius 3 is 2.64 bits per heavy atom. The SMILES string of the molecule is Cc1ccc(N2CCN(c3nccn4c(=O)n(CC(=O)NCC5CCCO5)nc34)CC2)cc1. The number of benzene rings is 1. The zero-order valence-electron chi connectivity index (χ0n) is 18.8. The number of amides is 1. The monoisotopic (exact) mass is 451 g/mol. The number of hydrogen-bond donors (Lipinski definition) is 1. The van der Waals surface area contributed by atoms with Crippen molar-refractivity contribution >= 4 is 23.1 Å². The number of nitrogens with one attached hydrogen (secondary N) is 1. The van der Waals surface area contributed by atoms with Gasteiger partial charge in [0.05, 0.1) is 6.10 Å². The van der Waals surface area contributed by atoms with Gasteiger partial charge in [-0.25, -0.2) is 18.9 Å². The fourth-order valence-electron chi connectivity index (χ4n) is 4.42. The average molecular weight is 452 g/mol. The van der Waals surface area contributed by atoms with E-state index in [1.807, 2.05) is 0 Å². The Labute approximate surface area is 191 Å². The van der Waals surface area contributed by atoms with Crippen LogP contribution in [0.4, 0.5) is 11.5 Å². The summed E-state index contributed by atoms with van der Waals surface area (Å²) in [6.45, 7) is 6.38. The molecule has 0 saturated carbocycles. The van der Waals surface area contributed by atoms with Crippen molar-refractivity contribution in [2.75, 3.05) is 49.1 Å². The molecular weight excluding hydrogens is 422 g/mol. The van der Waals surface area contributed by atoms with E-state index in [-0.39, 0.29) is 24.2 Å². The number of aromatic nitrogens is 4. The molecule has 0 radical (unpaired) electrons. The van der Waals surface area contributed by atoms with Crippen molar-refractivity contribution in [2.45, 2.75) is 32.4 Å². The molecule has 0 spiro atoms. The molecule has 1 amide bonds. The molecule has 1 unspecified atom stereocenters. The number of aryl methyl sites for hydroxylation is 1. The predicted molar refractivity (Wildman–Crippen MR) is 125 cm³/mol. The maximum atomic E-state index is 12.8. The van der Waals surface area contributed by atoms with Gasteiger partial charge in [0, 0.05) is 57.4 Å². The summed E-state index contributed by atoms with van der Waals surface area (Å²) in [4.78, 5) is 34.2. The topological polar surface area (TPSA) is 97.0 Å². The maximum Gasteiger partial charge on any atom is 0.350 e. The number of nitrogens with zero attached hydrogens (tertiary/aromatic N) is 6. The maximum absolute atomic E-state index is 12.8. The van der Waals surface area contributed by atoms with Crippen LogP contribution in [0.25, 0.3) is 5.65 Å². The first-order chi connectivity index (χ1) is 16.1. The minimum absolute atomic E-state index is 0.0566. The molecule has 33 heavy (non-hydrogen) atoms. The van der Waals surface area contributed by atoms with Crippen LogP contribution in [0.1, 0.15) is 18.4 Å². The summed E-state index contributed by atoms with van der Waals surface area (Å²) in [6.07, 6.45) is 5.22. The minimum atomic E-state index is -0.348. The van der Waals surface area contributed by atoms with Crippen molar-refractivity contribution in [1.82, 2.24) is 24.5 Å². The number of rotatable bonds is 6. The normalized spacial score (nSPS) is 18.8. The molecule has 0 bridgehead atoms. The fraction of sp³-hybridized carbons (Fsp3) is 0.478. The van der Waals surface area contributed by atoms with Gasteiger partial charge in [-0.15, -0.1) is 5.10 Å². The Hall–Kier alpha value is -3.40. The highest BCUT2D eigenvalue weighted by molar-refractivity contribution is 5.75. The van der Waals surface area contributed by atoms with Crippen LogP contribution >= 0.6 is 0 Å². The van der Waals surface area contributed by atoms with E-state index in [2.05, 4.69) is 56.4 Å². The minimum Gasteiger partial charge on any atom is -0.376 e. The van der Waals surface area contributed by atoms with Gasteiger partial charge < -0.3 is 19.9 Å². The zero-order valence-corrected chi connectivity index (χ0v) is 18.8. The van der Waals surface area contributed by atoms with E-state index >= 15 is 0 Å². The Kier molecular flexibility index (Phi) is 5.99. The number of fused-ring (bicyclic) bond motifs is 1. The molecular formula is C23H29N7O3. The molecule has 10 heteroatoms. The molecule has 2 aliphatic rings. The van der Waals surface area contributed by atoms with Crippen LogP contribution < -0.4 is 20.8 Å². The second-order valence-electron chi connectivity index (χ2n) is 8.63. The van der Waals surface area contributed by atoms with E-state index in [1.165, 1.54) is 20.3 Å². The quantitative estimate of drug-likeness (QED) is 0.593. The van der Waals surface area contributed by atoms with Crippen molar-refractivity contribution in [2.24, 2.45) is 0 Å². The first-order valence-corrected chi connectivity index (χ1v) is 11.5. The van der Waals surface area contributed by atoms with Gasteiger partial charge in [0.2, 0.25) is 11.6 Å². The van der Waals surface area contributed by atoms with E-state index in [4.69, 9.17) is 4.74 Å². The smallest absolute Gasteiger partial charge is 0.350 e. The molecule has 1 N–H and O–H groups in total. The number of carbonyl (C=O) groups is 1. The van der Waals surface area contributed by atoms with Crippen LogP contribution in [0.2, 0.25) is 0 Å². The van der Waals surface area contributed by atoms with Gasteiger partial charge in [0.15, 0.2) is 5.82 Å². The Bertz CT molecular complexity index is 1170. The first kappa shape index (κ1) is 21.4. The molecule has 2 aliphatic heterocycles.